The standard InChI is InChI=1S/C14H22F3N3/c15-14(16,17)8-11-7-13(10-20(9-11)6-5-18)19-12-3-1-2-4-12/h11-13,19H,1-4,6-10H2. The van der Waals surface area contributed by atoms with Gasteiger partial charge in [-0.15, -0.1) is 0 Å². The number of hydrogen-bond acceptors (Lipinski definition) is 3. The lowest BCUT2D eigenvalue weighted by Crippen LogP contribution is -2.52. The average Bonchev–Trinajstić information content (AvgIpc) is 2.79. The third-order valence-corrected chi connectivity index (χ3v) is 4.25. The van der Waals surface area contributed by atoms with Crippen LogP contribution in [-0.2, 0) is 0 Å². The van der Waals surface area contributed by atoms with Crippen LogP contribution in [0.25, 0.3) is 0 Å². The van der Waals surface area contributed by atoms with E-state index >= 15 is 0 Å². The molecule has 2 unspecified atom stereocenters. The number of rotatable bonds is 4. The molecule has 114 valence electrons. The third-order valence-electron chi connectivity index (χ3n) is 4.25. The average molecular weight is 289 g/mol. The van der Waals surface area contributed by atoms with Crippen LogP contribution in [0, 0.1) is 17.2 Å². The van der Waals surface area contributed by atoms with Crippen LogP contribution < -0.4 is 5.32 Å². The van der Waals surface area contributed by atoms with Crippen molar-refractivity contribution in [3.63, 3.8) is 0 Å². The van der Waals surface area contributed by atoms with Crippen molar-refractivity contribution in [1.82, 2.24) is 10.2 Å². The number of piperidine rings is 1. The summed E-state index contributed by atoms with van der Waals surface area (Å²) in [4.78, 5) is 1.85. The van der Waals surface area contributed by atoms with Crippen molar-refractivity contribution in [2.75, 3.05) is 19.6 Å². The molecule has 1 saturated carbocycles. The minimum Gasteiger partial charge on any atom is -0.310 e. The predicted molar refractivity (Wildman–Crippen MR) is 70.0 cm³/mol. The summed E-state index contributed by atoms with van der Waals surface area (Å²) in [5.74, 6) is -0.393. The van der Waals surface area contributed by atoms with E-state index in [1.807, 2.05) is 4.90 Å². The molecule has 0 bridgehead atoms. The summed E-state index contributed by atoms with van der Waals surface area (Å²) in [7, 11) is 0. The molecule has 6 heteroatoms. The SMILES string of the molecule is N#CCN1CC(CC(F)(F)F)CC(NC2CCCC2)C1. The molecule has 2 atom stereocenters. The van der Waals surface area contributed by atoms with Gasteiger partial charge in [-0.05, 0) is 25.2 Å². The molecule has 20 heavy (non-hydrogen) atoms. The molecule has 2 rings (SSSR count). The fraction of sp³-hybridized carbons (Fsp3) is 0.929. The van der Waals surface area contributed by atoms with Crippen molar-refractivity contribution in [2.24, 2.45) is 5.92 Å². The minimum absolute atomic E-state index is 0.0903. The number of nitrogens with zero attached hydrogens (tertiary/aromatic N) is 2. The van der Waals surface area contributed by atoms with Crippen LogP contribution in [0.3, 0.4) is 0 Å². The Balaban J connectivity index is 1.91. The van der Waals surface area contributed by atoms with Crippen molar-refractivity contribution in [3.8, 4) is 6.07 Å². The Kier molecular flexibility index (Phi) is 5.28. The van der Waals surface area contributed by atoms with E-state index in [1.165, 1.54) is 12.8 Å². The van der Waals surface area contributed by atoms with E-state index in [0.717, 1.165) is 12.8 Å². The molecule has 1 aliphatic carbocycles. The summed E-state index contributed by atoms with van der Waals surface area (Å²) in [6.07, 6.45) is 0.377. The fourth-order valence-corrected chi connectivity index (χ4v) is 3.55. The Bertz CT molecular complexity index is 345. The van der Waals surface area contributed by atoms with Crippen LogP contribution in [0.15, 0.2) is 0 Å². The van der Waals surface area contributed by atoms with Gasteiger partial charge in [0.2, 0.25) is 0 Å². The molecule has 1 N–H and O–H groups in total. The van der Waals surface area contributed by atoms with Gasteiger partial charge < -0.3 is 5.32 Å². The second kappa shape index (κ2) is 6.77. The zero-order chi connectivity index (χ0) is 14.6. The van der Waals surface area contributed by atoms with Gasteiger partial charge in [0.1, 0.15) is 0 Å². The van der Waals surface area contributed by atoms with Crippen molar-refractivity contribution in [2.45, 2.75) is 56.8 Å². The summed E-state index contributed by atoms with van der Waals surface area (Å²) in [5, 5.41) is 12.3. The first kappa shape index (κ1) is 15.6. The number of nitrogens with one attached hydrogen (secondary N) is 1. The van der Waals surface area contributed by atoms with Crippen LogP contribution in [0.4, 0.5) is 13.2 Å². The molecular weight excluding hydrogens is 267 g/mol. The molecule has 0 aromatic carbocycles. The fourth-order valence-electron chi connectivity index (χ4n) is 3.55. The largest absolute Gasteiger partial charge is 0.389 e. The second-order valence-electron chi connectivity index (χ2n) is 6.12. The zero-order valence-electron chi connectivity index (χ0n) is 11.6. The molecule has 0 radical (unpaired) electrons. The summed E-state index contributed by atoms with van der Waals surface area (Å²) in [6.45, 7) is 1.30. The van der Waals surface area contributed by atoms with Crippen LogP contribution >= 0.6 is 0 Å². The molecule has 3 nitrogen and oxygen atoms in total. The number of nitriles is 1. The lowest BCUT2D eigenvalue weighted by Gasteiger charge is -2.38. The number of hydrogen-bond donors (Lipinski definition) is 1. The van der Waals surface area contributed by atoms with Crippen molar-refractivity contribution in [1.29, 1.82) is 5.26 Å². The van der Waals surface area contributed by atoms with Crippen LogP contribution in [0.1, 0.15) is 38.5 Å². The summed E-state index contributed by atoms with van der Waals surface area (Å²) in [6, 6.07) is 2.59. The number of likely N-dealkylation sites (tertiary alicyclic amines) is 1. The molecule has 2 fully saturated rings. The second-order valence-corrected chi connectivity index (χ2v) is 6.12. The highest BCUT2D eigenvalue weighted by atomic mass is 19.4. The Morgan fingerprint density at radius 2 is 1.85 bits per heavy atom. The van der Waals surface area contributed by atoms with Crippen LogP contribution in [0.5, 0.6) is 0 Å². The highest BCUT2D eigenvalue weighted by molar-refractivity contribution is 4.90. The third kappa shape index (κ3) is 4.95. The van der Waals surface area contributed by atoms with Gasteiger partial charge >= 0.3 is 6.18 Å². The summed E-state index contributed by atoms with van der Waals surface area (Å²) < 4.78 is 37.7. The van der Waals surface area contributed by atoms with Crippen LogP contribution in [0.2, 0.25) is 0 Å². The molecule has 1 heterocycles. The van der Waals surface area contributed by atoms with E-state index < -0.39 is 18.5 Å². The number of alkyl halides is 3. The van der Waals surface area contributed by atoms with Crippen molar-refractivity contribution in [3.05, 3.63) is 0 Å². The normalized spacial score (nSPS) is 29.5. The minimum atomic E-state index is -4.11. The van der Waals surface area contributed by atoms with E-state index in [-0.39, 0.29) is 12.6 Å². The quantitative estimate of drug-likeness (QED) is 0.809. The van der Waals surface area contributed by atoms with Crippen molar-refractivity contribution < 1.29 is 13.2 Å². The first-order valence-corrected chi connectivity index (χ1v) is 7.38. The topological polar surface area (TPSA) is 39.1 Å². The van der Waals surface area contributed by atoms with Gasteiger partial charge in [-0.2, -0.15) is 18.4 Å². The Labute approximate surface area is 118 Å². The van der Waals surface area contributed by atoms with E-state index in [4.69, 9.17) is 5.26 Å². The van der Waals surface area contributed by atoms with E-state index in [0.29, 0.717) is 25.6 Å². The molecular formula is C14H22F3N3. The first-order valence-electron chi connectivity index (χ1n) is 7.38. The van der Waals surface area contributed by atoms with Gasteiger partial charge in [-0.25, -0.2) is 0 Å². The maximum absolute atomic E-state index is 12.6. The predicted octanol–water partition coefficient (Wildman–Crippen LogP) is 2.69. The highest BCUT2D eigenvalue weighted by Gasteiger charge is 2.37. The highest BCUT2D eigenvalue weighted by Crippen LogP contribution is 2.31. The molecule has 1 saturated heterocycles. The van der Waals surface area contributed by atoms with E-state index in [9.17, 15) is 13.2 Å². The summed E-state index contributed by atoms with van der Waals surface area (Å²) >= 11 is 0. The van der Waals surface area contributed by atoms with Gasteiger partial charge in [0, 0.05) is 31.6 Å². The summed E-state index contributed by atoms with van der Waals surface area (Å²) in [5.41, 5.74) is 0. The van der Waals surface area contributed by atoms with Crippen molar-refractivity contribution >= 4 is 0 Å². The zero-order valence-corrected chi connectivity index (χ0v) is 11.6. The van der Waals surface area contributed by atoms with Gasteiger partial charge in [0.15, 0.2) is 0 Å². The Morgan fingerprint density at radius 3 is 2.45 bits per heavy atom. The van der Waals surface area contributed by atoms with E-state index in [2.05, 4.69) is 11.4 Å². The van der Waals surface area contributed by atoms with Gasteiger partial charge in [0.25, 0.3) is 0 Å². The maximum Gasteiger partial charge on any atom is 0.389 e. The molecule has 1 aliphatic heterocycles. The molecule has 0 aromatic heterocycles. The maximum atomic E-state index is 12.6. The van der Waals surface area contributed by atoms with Gasteiger partial charge in [0.05, 0.1) is 12.6 Å². The van der Waals surface area contributed by atoms with Gasteiger partial charge in [-0.3, -0.25) is 4.90 Å². The lowest BCUT2D eigenvalue weighted by molar-refractivity contribution is -0.148. The lowest BCUT2D eigenvalue weighted by atomic mass is 9.90. The van der Waals surface area contributed by atoms with E-state index in [1.54, 1.807) is 0 Å². The van der Waals surface area contributed by atoms with Crippen LogP contribution in [-0.4, -0.2) is 42.8 Å². The molecule has 0 aromatic rings. The first-order chi connectivity index (χ1) is 9.46. The monoisotopic (exact) mass is 289 g/mol. The Morgan fingerprint density at radius 1 is 1.15 bits per heavy atom. The number of halogens is 3. The molecule has 2 aliphatic rings. The van der Waals surface area contributed by atoms with Gasteiger partial charge in [-0.1, -0.05) is 12.8 Å². The molecule has 0 spiro atoms. The smallest absolute Gasteiger partial charge is 0.310 e. The molecule has 0 amide bonds. The Hall–Kier alpha value is -0.800.